The summed E-state index contributed by atoms with van der Waals surface area (Å²) >= 11 is 0. The number of anilines is 2. The van der Waals surface area contributed by atoms with Gasteiger partial charge in [-0.15, -0.1) is 0 Å². The summed E-state index contributed by atoms with van der Waals surface area (Å²) in [5.74, 6) is 0.809. The van der Waals surface area contributed by atoms with E-state index in [1.807, 2.05) is 0 Å². The summed E-state index contributed by atoms with van der Waals surface area (Å²) in [6.07, 6.45) is 4.40. The van der Waals surface area contributed by atoms with E-state index in [1.54, 1.807) is 6.08 Å². The molecule has 2 aromatic heterocycles. The summed E-state index contributed by atoms with van der Waals surface area (Å²) in [6.45, 7) is 3.49. The number of rotatable bonds is 3. The van der Waals surface area contributed by atoms with Gasteiger partial charge in [0, 0.05) is 6.21 Å². The number of fused-ring (bicyclic) bond motifs is 1. The zero-order chi connectivity index (χ0) is 10.7. The van der Waals surface area contributed by atoms with Gasteiger partial charge in [0.15, 0.2) is 11.5 Å². The lowest BCUT2D eigenvalue weighted by atomic mass is 10.5. The van der Waals surface area contributed by atoms with Crippen LogP contribution in [0.2, 0.25) is 0 Å². The number of imidazole rings is 1. The first-order valence-corrected chi connectivity index (χ1v) is 4.17. The van der Waals surface area contributed by atoms with Crippen LogP contribution in [-0.4, -0.2) is 26.2 Å². The highest BCUT2D eigenvalue weighted by molar-refractivity contribution is 5.83. The lowest BCUT2D eigenvalue weighted by Gasteiger charge is -1.91. The molecule has 0 unspecified atom stereocenters. The van der Waals surface area contributed by atoms with Gasteiger partial charge in [0.1, 0.15) is 11.8 Å². The Kier molecular flexibility index (Phi) is 2.28. The molecule has 0 saturated carbocycles. The molecular formula is C8H9N7. The molecule has 2 aromatic rings. The first-order valence-electron chi connectivity index (χ1n) is 4.17. The van der Waals surface area contributed by atoms with Crippen molar-refractivity contribution in [2.45, 2.75) is 0 Å². The summed E-state index contributed by atoms with van der Waals surface area (Å²) in [6, 6.07) is 0. The second-order valence-corrected chi connectivity index (χ2v) is 2.67. The molecule has 0 radical (unpaired) electrons. The van der Waals surface area contributed by atoms with Gasteiger partial charge < -0.3 is 10.7 Å². The van der Waals surface area contributed by atoms with Crippen LogP contribution in [0.1, 0.15) is 0 Å². The largest absolute Gasteiger partial charge is 0.382 e. The maximum Gasteiger partial charge on any atom is 0.223 e. The van der Waals surface area contributed by atoms with Gasteiger partial charge in [0.2, 0.25) is 5.95 Å². The third-order valence-corrected chi connectivity index (χ3v) is 1.67. The lowest BCUT2D eigenvalue weighted by molar-refractivity contribution is 1.19. The summed E-state index contributed by atoms with van der Waals surface area (Å²) in [7, 11) is 0. The van der Waals surface area contributed by atoms with Gasteiger partial charge in [-0.1, -0.05) is 6.58 Å². The van der Waals surface area contributed by atoms with Crippen molar-refractivity contribution < 1.29 is 0 Å². The Morgan fingerprint density at radius 1 is 1.53 bits per heavy atom. The van der Waals surface area contributed by atoms with Crippen molar-refractivity contribution in [3.05, 3.63) is 19.0 Å². The average molecular weight is 203 g/mol. The number of hydrogen-bond donors (Lipinski definition) is 3. The van der Waals surface area contributed by atoms with Crippen LogP contribution < -0.4 is 11.2 Å². The molecular weight excluding hydrogens is 194 g/mol. The van der Waals surface area contributed by atoms with E-state index in [9.17, 15) is 0 Å². The number of nitrogens with one attached hydrogen (secondary N) is 2. The number of aromatic amines is 1. The lowest BCUT2D eigenvalue weighted by Crippen LogP contribution is -1.92. The van der Waals surface area contributed by atoms with Crippen molar-refractivity contribution in [1.29, 1.82) is 0 Å². The van der Waals surface area contributed by atoms with Crippen molar-refractivity contribution >= 4 is 29.1 Å². The number of hydrazone groups is 1. The van der Waals surface area contributed by atoms with E-state index >= 15 is 0 Å². The first kappa shape index (κ1) is 9.13. The molecule has 0 spiro atoms. The molecule has 0 amide bonds. The summed E-state index contributed by atoms with van der Waals surface area (Å²) in [4.78, 5) is 14.8. The van der Waals surface area contributed by atoms with Gasteiger partial charge in [0.05, 0.1) is 0 Å². The molecule has 0 saturated heterocycles. The molecule has 7 nitrogen and oxygen atoms in total. The van der Waals surface area contributed by atoms with Gasteiger partial charge in [-0.25, -0.2) is 15.4 Å². The fourth-order valence-corrected chi connectivity index (χ4v) is 1.05. The highest BCUT2D eigenvalue weighted by Crippen LogP contribution is 2.15. The smallest absolute Gasteiger partial charge is 0.223 e. The Morgan fingerprint density at radius 3 is 3.13 bits per heavy atom. The van der Waals surface area contributed by atoms with Crippen LogP contribution in [0.15, 0.2) is 24.1 Å². The molecule has 0 aliphatic carbocycles. The van der Waals surface area contributed by atoms with Crippen molar-refractivity contribution in [3.63, 3.8) is 0 Å². The Labute approximate surface area is 85.1 Å². The van der Waals surface area contributed by atoms with Crippen LogP contribution in [0.4, 0.5) is 11.8 Å². The molecule has 76 valence electrons. The van der Waals surface area contributed by atoms with Crippen LogP contribution in [0.25, 0.3) is 11.2 Å². The molecule has 0 aliphatic rings. The van der Waals surface area contributed by atoms with Crippen LogP contribution in [0.5, 0.6) is 0 Å². The topological polar surface area (TPSA) is 105 Å². The van der Waals surface area contributed by atoms with Gasteiger partial charge >= 0.3 is 0 Å². The Hall–Kier alpha value is -2.44. The molecule has 0 fully saturated rings. The van der Waals surface area contributed by atoms with Crippen molar-refractivity contribution in [2.75, 3.05) is 11.2 Å². The van der Waals surface area contributed by atoms with Crippen LogP contribution in [0.3, 0.4) is 0 Å². The third-order valence-electron chi connectivity index (χ3n) is 1.67. The first-order chi connectivity index (χ1) is 7.31. The zero-order valence-electron chi connectivity index (χ0n) is 7.81. The molecule has 0 bridgehead atoms. The maximum absolute atomic E-state index is 5.62. The fourth-order valence-electron chi connectivity index (χ4n) is 1.05. The van der Waals surface area contributed by atoms with Gasteiger partial charge in [-0.3, -0.25) is 0 Å². The van der Waals surface area contributed by atoms with E-state index in [4.69, 9.17) is 5.73 Å². The Balaban J connectivity index is 2.34. The summed E-state index contributed by atoms with van der Waals surface area (Å²) in [5, 5.41) is 3.81. The zero-order valence-corrected chi connectivity index (χ0v) is 7.81. The molecule has 0 atom stereocenters. The number of nitrogens with two attached hydrogens (primary N) is 1. The quantitative estimate of drug-likeness (QED) is 0.498. The predicted octanol–water partition coefficient (Wildman–Crippen LogP) is 0.519. The predicted molar refractivity (Wildman–Crippen MR) is 58.4 cm³/mol. The normalized spacial score (nSPS) is 10.9. The van der Waals surface area contributed by atoms with E-state index in [2.05, 4.69) is 37.0 Å². The molecule has 0 aliphatic heterocycles. The molecule has 15 heavy (non-hydrogen) atoms. The Morgan fingerprint density at radius 2 is 2.40 bits per heavy atom. The minimum Gasteiger partial charge on any atom is -0.382 e. The minimum atomic E-state index is 0.355. The van der Waals surface area contributed by atoms with Crippen LogP contribution in [0, 0.1) is 0 Å². The third kappa shape index (κ3) is 1.75. The second kappa shape index (κ2) is 3.74. The molecule has 4 N–H and O–H groups in total. The van der Waals surface area contributed by atoms with Crippen molar-refractivity contribution in [3.8, 4) is 0 Å². The van der Waals surface area contributed by atoms with Crippen LogP contribution in [-0.2, 0) is 0 Å². The van der Waals surface area contributed by atoms with Crippen molar-refractivity contribution in [2.24, 2.45) is 5.10 Å². The van der Waals surface area contributed by atoms with Crippen molar-refractivity contribution in [1.82, 2.24) is 19.9 Å². The molecule has 0 aromatic carbocycles. The van der Waals surface area contributed by atoms with E-state index in [0.29, 0.717) is 22.9 Å². The highest BCUT2D eigenvalue weighted by Gasteiger charge is 2.05. The molecule has 2 rings (SSSR count). The Bertz CT molecular complexity index is 513. The fraction of sp³-hybridized carbons (Fsp3) is 0. The van der Waals surface area contributed by atoms with Crippen LogP contribution >= 0.6 is 0 Å². The average Bonchev–Trinajstić information content (AvgIpc) is 2.63. The summed E-state index contributed by atoms with van der Waals surface area (Å²) < 4.78 is 0. The standard InChI is InChI=1S/C8H9N7/c1-2-3-12-15-8-13-5-6(9)10-4-11-7(5)14-8/h2-4H,1H2,(H4,9,10,11,13,14,15)/b12-3-. The number of nitrogens with zero attached hydrogens (tertiary/aromatic N) is 4. The number of H-pyrrole nitrogens is 1. The minimum absolute atomic E-state index is 0.355. The molecule has 7 heteroatoms. The van der Waals surface area contributed by atoms with Gasteiger partial charge in [-0.2, -0.15) is 10.1 Å². The number of allylic oxidation sites excluding steroid dienone is 1. The summed E-state index contributed by atoms with van der Waals surface area (Å²) in [5.41, 5.74) is 9.38. The van der Waals surface area contributed by atoms with E-state index < -0.39 is 0 Å². The number of nitrogen functional groups attached to an aromatic ring is 1. The number of aromatic nitrogens is 4. The second-order valence-electron chi connectivity index (χ2n) is 2.67. The number of hydrogen-bond acceptors (Lipinski definition) is 6. The SMILES string of the molecule is C=C/C=N\Nc1nc2ncnc(N)c2[nH]1. The monoisotopic (exact) mass is 203 g/mol. The van der Waals surface area contributed by atoms with Gasteiger partial charge in [0.25, 0.3) is 0 Å². The molecule has 2 heterocycles. The van der Waals surface area contributed by atoms with E-state index in [1.165, 1.54) is 12.5 Å². The van der Waals surface area contributed by atoms with E-state index in [0.717, 1.165) is 0 Å². The highest BCUT2D eigenvalue weighted by atomic mass is 15.4. The maximum atomic E-state index is 5.62. The van der Waals surface area contributed by atoms with E-state index in [-0.39, 0.29) is 0 Å². The van der Waals surface area contributed by atoms with Gasteiger partial charge in [-0.05, 0) is 6.08 Å².